The Bertz CT molecular complexity index is 1170. The van der Waals surface area contributed by atoms with Crippen molar-refractivity contribution in [1.29, 1.82) is 0 Å². The number of fused-ring (bicyclic) bond motifs is 2. The highest BCUT2D eigenvalue weighted by molar-refractivity contribution is 5.90. The summed E-state index contributed by atoms with van der Waals surface area (Å²) in [6, 6.07) is 22.5. The molecule has 2 aromatic rings. The lowest BCUT2D eigenvalue weighted by Gasteiger charge is -2.45. The van der Waals surface area contributed by atoms with Gasteiger partial charge in [0.1, 0.15) is 0 Å². The summed E-state index contributed by atoms with van der Waals surface area (Å²) in [7, 11) is 0. The van der Waals surface area contributed by atoms with Gasteiger partial charge in [-0.15, -0.1) is 0 Å². The van der Waals surface area contributed by atoms with Crippen LogP contribution in [0.5, 0.6) is 0 Å². The Labute approximate surface area is 177 Å². The van der Waals surface area contributed by atoms with Crippen molar-refractivity contribution in [1.82, 2.24) is 0 Å². The average Bonchev–Trinajstić information content (AvgIpc) is 3.57. The predicted molar refractivity (Wildman–Crippen MR) is 120 cm³/mol. The molecule has 7 aliphatic rings. The van der Waals surface area contributed by atoms with E-state index in [0.717, 1.165) is 35.5 Å². The topological polar surface area (TPSA) is 0 Å². The molecular formula is C30H24. The third-order valence-electron chi connectivity index (χ3n) is 10.6. The van der Waals surface area contributed by atoms with Crippen LogP contribution in [0.25, 0.3) is 11.1 Å². The van der Waals surface area contributed by atoms with E-state index in [4.69, 9.17) is 0 Å². The molecule has 0 amide bonds. The van der Waals surface area contributed by atoms with Gasteiger partial charge in [-0.25, -0.2) is 0 Å². The van der Waals surface area contributed by atoms with Crippen molar-refractivity contribution in [2.45, 2.75) is 12.8 Å². The zero-order valence-corrected chi connectivity index (χ0v) is 17.0. The second-order valence-electron chi connectivity index (χ2n) is 10.8. The minimum atomic E-state index is 0.280. The second kappa shape index (κ2) is 4.52. The van der Waals surface area contributed by atoms with Gasteiger partial charge in [-0.1, -0.05) is 85.0 Å². The maximum atomic E-state index is 2.71. The van der Waals surface area contributed by atoms with Crippen LogP contribution in [-0.4, -0.2) is 0 Å². The van der Waals surface area contributed by atoms with E-state index >= 15 is 0 Å². The molecule has 30 heavy (non-hydrogen) atoms. The summed E-state index contributed by atoms with van der Waals surface area (Å²) in [5.74, 6) is 5.31. The zero-order valence-electron chi connectivity index (χ0n) is 17.0. The lowest BCUT2D eigenvalue weighted by molar-refractivity contribution is 0.130. The highest BCUT2D eigenvalue weighted by Crippen LogP contribution is 2.93. The Morgan fingerprint density at radius 3 is 1.50 bits per heavy atom. The van der Waals surface area contributed by atoms with Crippen LogP contribution < -0.4 is 0 Å². The van der Waals surface area contributed by atoms with Gasteiger partial charge in [-0.2, -0.15) is 0 Å². The molecule has 0 nitrogen and oxygen atoms in total. The van der Waals surface area contributed by atoms with Crippen molar-refractivity contribution in [3.63, 3.8) is 0 Å². The molecule has 2 spiro atoms. The standard InChI is InChI=1S/C30H24/c1-3-7-17(8-4-1)19-11-13-29-23-16-24-26-22(15-21(25(23)26)27(19)29)28-20(12-14-30(24,28)29)18-9-5-2-6-10-18/h1-14,21-26H,15-16H2/t21-,22+,23+,24-,25-,26-,29?,30?/m1/s1. The molecule has 5 fully saturated rings. The predicted octanol–water partition coefficient (Wildman–Crippen LogP) is 6.55. The van der Waals surface area contributed by atoms with E-state index in [9.17, 15) is 0 Å². The SMILES string of the molecule is C1=CC23C(=C1c1ccccc1)[C@H]1C[C@H]4C5=C(c6ccccc6)C=CC52[C@H]2C[C@@H]3[C@@H]1[C@H]42. The number of rotatable bonds is 2. The summed E-state index contributed by atoms with van der Waals surface area (Å²) < 4.78 is 0. The number of hydrogen-bond donors (Lipinski definition) is 0. The minimum Gasteiger partial charge on any atom is -0.0721 e. The van der Waals surface area contributed by atoms with Crippen LogP contribution in [-0.2, 0) is 0 Å². The first-order chi connectivity index (χ1) is 14.9. The van der Waals surface area contributed by atoms with Crippen molar-refractivity contribution in [3.05, 3.63) is 107 Å². The zero-order chi connectivity index (χ0) is 19.2. The van der Waals surface area contributed by atoms with E-state index < -0.39 is 0 Å². The summed E-state index contributed by atoms with van der Waals surface area (Å²) in [5, 5.41) is 0. The van der Waals surface area contributed by atoms with E-state index in [0.29, 0.717) is 0 Å². The van der Waals surface area contributed by atoms with Crippen molar-refractivity contribution in [3.8, 4) is 0 Å². The van der Waals surface area contributed by atoms with E-state index in [-0.39, 0.29) is 10.8 Å². The summed E-state index contributed by atoms with van der Waals surface area (Å²) in [4.78, 5) is 0. The molecule has 5 saturated carbocycles. The van der Waals surface area contributed by atoms with Gasteiger partial charge in [-0.05, 0) is 81.8 Å². The normalized spacial score (nSPS) is 46.8. The molecule has 2 aromatic carbocycles. The highest BCUT2D eigenvalue weighted by Gasteiger charge is 2.87. The van der Waals surface area contributed by atoms with E-state index in [2.05, 4.69) is 85.0 Å². The third-order valence-corrected chi connectivity index (χ3v) is 10.6. The molecule has 0 radical (unpaired) electrons. The first kappa shape index (κ1) is 15.2. The highest BCUT2D eigenvalue weighted by atomic mass is 14.9. The van der Waals surface area contributed by atoms with Crippen molar-refractivity contribution < 1.29 is 0 Å². The average molecular weight is 385 g/mol. The molecule has 0 aliphatic heterocycles. The Morgan fingerprint density at radius 2 is 1.03 bits per heavy atom. The lowest BCUT2D eigenvalue weighted by atomic mass is 9.57. The Kier molecular flexibility index (Phi) is 2.29. The van der Waals surface area contributed by atoms with Crippen LogP contribution in [0.2, 0.25) is 0 Å². The van der Waals surface area contributed by atoms with Crippen molar-refractivity contribution in [2.24, 2.45) is 46.3 Å². The second-order valence-corrected chi connectivity index (χ2v) is 10.8. The molecule has 2 bridgehead atoms. The molecule has 2 unspecified atom stereocenters. The van der Waals surface area contributed by atoms with Crippen molar-refractivity contribution in [2.75, 3.05) is 0 Å². The molecule has 0 saturated heterocycles. The molecular weight excluding hydrogens is 360 g/mol. The van der Waals surface area contributed by atoms with Crippen LogP contribution in [0, 0.1) is 46.3 Å². The quantitative estimate of drug-likeness (QED) is 0.551. The van der Waals surface area contributed by atoms with Crippen LogP contribution in [0.3, 0.4) is 0 Å². The molecule has 8 atom stereocenters. The summed E-state index contributed by atoms with van der Waals surface area (Å²) in [5.41, 5.74) is 10.3. The van der Waals surface area contributed by atoms with Gasteiger partial charge in [-0.3, -0.25) is 0 Å². The fraction of sp³-hybridized carbons (Fsp3) is 0.333. The molecule has 0 heteroatoms. The largest absolute Gasteiger partial charge is 0.0721 e. The molecule has 0 aromatic heterocycles. The summed E-state index contributed by atoms with van der Waals surface area (Å²) >= 11 is 0. The molecule has 0 heterocycles. The Morgan fingerprint density at radius 1 is 0.567 bits per heavy atom. The molecule has 9 rings (SSSR count). The molecule has 7 aliphatic carbocycles. The fourth-order valence-electron chi connectivity index (χ4n) is 10.4. The Hall–Kier alpha value is -2.60. The van der Waals surface area contributed by atoms with E-state index in [1.54, 1.807) is 11.1 Å². The van der Waals surface area contributed by atoms with E-state index in [1.165, 1.54) is 24.0 Å². The molecule has 144 valence electrons. The molecule has 0 N–H and O–H groups in total. The lowest BCUT2D eigenvalue weighted by Crippen LogP contribution is -2.41. The van der Waals surface area contributed by atoms with Gasteiger partial charge in [0.25, 0.3) is 0 Å². The summed E-state index contributed by atoms with van der Waals surface area (Å²) in [6.07, 6.45) is 13.4. The maximum absolute atomic E-state index is 2.71. The van der Waals surface area contributed by atoms with Gasteiger partial charge >= 0.3 is 0 Å². The van der Waals surface area contributed by atoms with Gasteiger partial charge in [0.2, 0.25) is 0 Å². The van der Waals surface area contributed by atoms with Gasteiger partial charge < -0.3 is 0 Å². The van der Waals surface area contributed by atoms with Crippen LogP contribution in [0.15, 0.2) is 96.1 Å². The van der Waals surface area contributed by atoms with Crippen molar-refractivity contribution >= 4 is 11.1 Å². The smallest absolute Gasteiger partial charge is 0.0269 e. The van der Waals surface area contributed by atoms with Gasteiger partial charge in [0.15, 0.2) is 0 Å². The number of allylic oxidation sites excluding steroid dienone is 8. The van der Waals surface area contributed by atoms with Gasteiger partial charge in [0.05, 0.1) is 0 Å². The summed E-state index contributed by atoms with van der Waals surface area (Å²) in [6.45, 7) is 0. The first-order valence-corrected chi connectivity index (χ1v) is 11.8. The Balaban J connectivity index is 1.38. The third kappa shape index (κ3) is 1.24. The van der Waals surface area contributed by atoms with E-state index in [1.807, 2.05) is 11.1 Å². The number of benzene rings is 2. The fourth-order valence-corrected chi connectivity index (χ4v) is 10.4. The van der Waals surface area contributed by atoms with Gasteiger partial charge in [0, 0.05) is 10.8 Å². The van der Waals surface area contributed by atoms with Crippen LogP contribution in [0.4, 0.5) is 0 Å². The van der Waals surface area contributed by atoms with Crippen LogP contribution >= 0.6 is 0 Å². The first-order valence-electron chi connectivity index (χ1n) is 11.8. The maximum Gasteiger partial charge on any atom is 0.0269 e. The van der Waals surface area contributed by atoms with Crippen LogP contribution in [0.1, 0.15) is 24.0 Å². The number of hydrogen-bond acceptors (Lipinski definition) is 0. The minimum absolute atomic E-state index is 0.280. The monoisotopic (exact) mass is 384 g/mol.